The van der Waals surface area contributed by atoms with E-state index in [0.29, 0.717) is 16.6 Å². The summed E-state index contributed by atoms with van der Waals surface area (Å²) in [4.78, 5) is 19.0. The Morgan fingerprint density at radius 2 is 2.12 bits per heavy atom. The molecule has 0 spiro atoms. The molecule has 136 valence electrons. The van der Waals surface area contributed by atoms with Crippen LogP contribution in [0, 0.1) is 0 Å². The van der Waals surface area contributed by atoms with Crippen LogP contribution in [0.5, 0.6) is 0 Å². The molecule has 25 heavy (non-hydrogen) atoms. The van der Waals surface area contributed by atoms with Crippen molar-refractivity contribution in [2.24, 2.45) is 5.73 Å². The Kier molecular flexibility index (Phi) is 6.87. The monoisotopic (exact) mass is 383 g/mol. The lowest BCUT2D eigenvalue weighted by atomic mass is 9.96. The van der Waals surface area contributed by atoms with E-state index in [1.54, 1.807) is 18.4 Å². The van der Waals surface area contributed by atoms with Gasteiger partial charge in [-0.2, -0.15) is 0 Å². The molecule has 7 heteroatoms. The Hall–Kier alpha value is -1.56. The third kappa shape index (κ3) is 4.75. The van der Waals surface area contributed by atoms with Gasteiger partial charge in [-0.25, -0.2) is 4.98 Å². The highest BCUT2D eigenvalue weighted by atomic mass is 35.5. The van der Waals surface area contributed by atoms with E-state index in [0.717, 1.165) is 31.4 Å². The van der Waals surface area contributed by atoms with Crippen LogP contribution in [0.25, 0.3) is 11.5 Å². The molecule has 2 heterocycles. The quantitative estimate of drug-likeness (QED) is 0.873. The number of amides is 1. The second kappa shape index (κ2) is 8.70. The second-order valence-corrected chi connectivity index (χ2v) is 6.77. The molecule has 3 rings (SSSR count). The lowest BCUT2D eigenvalue weighted by Gasteiger charge is -2.38. The summed E-state index contributed by atoms with van der Waals surface area (Å²) in [5, 5.41) is 0.660. The first-order valence-electron chi connectivity index (χ1n) is 8.30. The normalized spacial score (nSPS) is 18.5. The fourth-order valence-corrected chi connectivity index (χ4v) is 3.31. The van der Waals surface area contributed by atoms with Gasteiger partial charge < -0.3 is 15.1 Å². The van der Waals surface area contributed by atoms with E-state index in [2.05, 4.69) is 4.98 Å². The number of nitrogens with two attached hydrogens (primary N) is 1. The third-order valence-electron chi connectivity index (χ3n) is 4.45. The van der Waals surface area contributed by atoms with Gasteiger partial charge >= 0.3 is 0 Å². The molecule has 2 unspecified atom stereocenters. The maximum absolute atomic E-state index is 12.6. The van der Waals surface area contributed by atoms with Crippen LogP contribution in [0.3, 0.4) is 0 Å². The van der Waals surface area contributed by atoms with Gasteiger partial charge in [0.2, 0.25) is 11.8 Å². The number of hydrogen-bond acceptors (Lipinski definition) is 4. The number of oxazole rings is 1. The highest BCUT2D eigenvalue weighted by Gasteiger charge is 2.29. The fourth-order valence-electron chi connectivity index (χ4n) is 3.18. The van der Waals surface area contributed by atoms with Gasteiger partial charge in [0.1, 0.15) is 6.26 Å². The standard InChI is InChI=1S/C18H22ClN3O2.ClH/c1-12(20)16-4-2-3-9-22(16)17(23)10-15-11-24-18(21-15)13-5-7-14(19)8-6-13;/h5-8,11-12,16H,2-4,9-10,20H2,1H3;1H. The zero-order valence-electron chi connectivity index (χ0n) is 14.2. The number of carbonyl (C=O) groups is 1. The average molecular weight is 384 g/mol. The van der Waals surface area contributed by atoms with Crippen LogP contribution >= 0.6 is 24.0 Å². The summed E-state index contributed by atoms with van der Waals surface area (Å²) < 4.78 is 5.50. The first-order valence-corrected chi connectivity index (χ1v) is 8.68. The predicted octanol–water partition coefficient (Wildman–Crippen LogP) is 3.69. The summed E-state index contributed by atoms with van der Waals surface area (Å²) in [5.41, 5.74) is 7.52. The maximum atomic E-state index is 12.6. The number of carbonyl (C=O) groups excluding carboxylic acids is 1. The molecule has 0 radical (unpaired) electrons. The SMILES string of the molecule is CC(N)C1CCCCN1C(=O)Cc1coc(-c2ccc(Cl)cc2)n1.Cl. The van der Waals surface area contributed by atoms with Gasteiger partial charge in [-0.15, -0.1) is 12.4 Å². The Morgan fingerprint density at radius 1 is 1.40 bits per heavy atom. The van der Waals surface area contributed by atoms with Crippen LogP contribution in [0.15, 0.2) is 34.9 Å². The van der Waals surface area contributed by atoms with E-state index < -0.39 is 0 Å². The van der Waals surface area contributed by atoms with E-state index in [4.69, 9.17) is 21.8 Å². The van der Waals surface area contributed by atoms with E-state index in [1.165, 1.54) is 0 Å². The molecule has 0 saturated carbocycles. The number of rotatable bonds is 4. The molecule has 5 nitrogen and oxygen atoms in total. The maximum Gasteiger partial charge on any atom is 0.229 e. The minimum atomic E-state index is -0.0174. The van der Waals surface area contributed by atoms with E-state index in [9.17, 15) is 4.79 Å². The summed E-state index contributed by atoms with van der Waals surface area (Å²) >= 11 is 5.89. The summed E-state index contributed by atoms with van der Waals surface area (Å²) in [7, 11) is 0. The molecule has 1 saturated heterocycles. The number of likely N-dealkylation sites (tertiary alicyclic amines) is 1. The zero-order chi connectivity index (χ0) is 17.1. The minimum Gasteiger partial charge on any atom is -0.444 e. The van der Waals surface area contributed by atoms with E-state index in [1.807, 2.05) is 24.0 Å². The van der Waals surface area contributed by atoms with Crippen LogP contribution in [0.2, 0.25) is 5.02 Å². The first-order chi connectivity index (χ1) is 11.5. The molecular formula is C18H23Cl2N3O2. The molecule has 2 atom stereocenters. The van der Waals surface area contributed by atoms with Gasteiger partial charge in [0.15, 0.2) is 0 Å². The van der Waals surface area contributed by atoms with Crippen molar-refractivity contribution in [3.05, 3.63) is 41.2 Å². The molecule has 2 N–H and O–H groups in total. The van der Waals surface area contributed by atoms with Crippen LogP contribution < -0.4 is 5.73 Å². The zero-order valence-corrected chi connectivity index (χ0v) is 15.7. The number of piperidine rings is 1. The van der Waals surface area contributed by atoms with Gasteiger partial charge in [0, 0.05) is 29.2 Å². The molecule has 1 aliphatic rings. The molecule has 1 amide bonds. The van der Waals surface area contributed by atoms with Gasteiger partial charge in [0.05, 0.1) is 12.1 Å². The van der Waals surface area contributed by atoms with E-state index >= 15 is 0 Å². The van der Waals surface area contributed by atoms with Gasteiger partial charge in [-0.1, -0.05) is 11.6 Å². The van der Waals surface area contributed by atoms with Crippen molar-refractivity contribution in [1.29, 1.82) is 0 Å². The summed E-state index contributed by atoms with van der Waals surface area (Å²) in [6, 6.07) is 7.36. The molecule has 1 aromatic heterocycles. The number of nitrogens with zero attached hydrogens (tertiary/aromatic N) is 2. The van der Waals surface area contributed by atoms with Gasteiger partial charge in [0.25, 0.3) is 0 Å². The Balaban J connectivity index is 0.00000225. The first kappa shape index (κ1) is 19.8. The number of halogens is 2. The lowest BCUT2D eigenvalue weighted by Crippen LogP contribution is -2.52. The Bertz CT molecular complexity index is 701. The molecule has 0 aliphatic carbocycles. The topological polar surface area (TPSA) is 72.4 Å². The molecule has 1 aromatic carbocycles. The van der Waals surface area contributed by atoms with Crippen molar-refractivity contribution < 1.29 is 9.21 Å². The minimum absolute atomic E-state index is 0. The van der Waals surface area contributed by atoms with Crippen molar-refractivity contribution >= 4 is 29.9 Å². The number of benzene rings is 1. The van der Waals surface area contributed by atoms with Crippen molar-refractivity contribution in [1.82, 2.24) is 9.88 Å². The van der Waals surface area contributed by atoms with Crippen LogP contribution in [-0.4, -0.2) is 34.4 Å². The second-order valence-electron chi connectivity index (χ2n) is 6.34. The van der Waals surface area contributed by atoms with Crippen LogP contribution in [-0.2, 0) is 11.2 Å². The van der Waals surface area contributed by atoms with Crippen LogP contribution in [0.4, 0.5) is 0 Å². The van der Waals surface area contributed by atoms with Gasteiger partial charge in [-0.3, -0.25) is 4.79 Å². The predicted molar refractivity (Wildman–Crippen MR) is 101 cm³/mol. The highest BCUT2D eigenvalue weighted by Crippen LogP contribution is 2.23. The van der Waals surface area contributed by atoms with Crippen molar-refractivity contribution in [3.63, 3.8) is 0 Å². The lowest BCUT2D eigenvalue weighted by molar-refractivity contribution is -0.134. The third-order valence-corrected chi connectivity index (χ3v) is 4.70. The van der Waals surface area contributed by atoms with Gasteiger partial charge in [-0.05, 0) is 50.5 Å². The fraction of sp³-hybridized carbons (Fsp3) is 0.444. The van der Waals surface area contributed by atoms with Crippen molar-refractivity contribution in [3.8, 4) is 11.5 Å². The molecule has 1 aliphatic heterocycles. The number of aromatic nitrogens is 1. The largest absolute Gasteiger partial charge is 0.444 e. The molecular weight excluding hydrogens is 361 g/mol. The van der Waals surface area contributed by atoms with Crippen molar-refractivity contribution in [2.75, 3.05) is 6.54 Å². The van der Waals surface area contributed by atoms with Crippen LogP contribution in [0.1, 0.15) is 31.9 Å². The smallest absolute Gasteiger partial charge is 0.229 e. The molecule has 2 aromatic rings. The summed E-state index contributed by atoms with van der Waals surface area (Å²) in [5.74, 6) is 0.560. The molecule has 1 fully saturated rings. The summed E-state index contributed by atoms with van der Waals surface area (Å²) in [6.07, 6.45) is 4.91. The van der Waals surface area contributed by atoms with E-state index in [-0.39, 0.29) is 36.8 Å². The summed E-state index contributed by atoms with van der Waals surface area (Å²) in [6.45, 7) is 2.73. The Morgan fingerprint density at radius 3 is 2.80 bits per heavy atom. The number of hydrogen-bond donors (Lipinski definition) is 1. The average Bonchev–Trinajstić information content (AvgIpc) is 3.04. The molecule has 0 bridgehead atoms. The highest BCUT2D eigenvalue weighted by molar-refractivity contribution is 6.30. The Labute approximate surface area is 158 Å². The van der Waals surface area contributed by atoms with Crippen molar-refractivity contribution in [2.45, 2.75) is 44.7 Å².